The SMILES string of the molecule is N#Cc1cnc(NC2(c3ccc(OC(F)F)cc3)CC2)nc1. The zero-order valence-corrected chi connectivity index (χ0v) is 11.5. The first-order valence-electron chi connectivity index (χ1n) is 6.67. The number of benzene rings is 1. The predicted octanol–water partition coefficient (Wildman–Crippen LogP) is 3.05. The number of halogens is 2. The minimum Gasteiger partial charge on any atom is -0.435 e. The molecular formula is C15H12F2N4O. The Kier molecular flexibility index (Phi) is 3.59. The van der Waals surface area contributed by atoms with Crippen LogP contribution in [0.3, 0.4) is 0 Å². The molecule has 5 nitrogen and oxygen atoms in total. The van der Waals surface area contributed by atoms with Crippen molar-refractivity contribution in [2.24, 2.45) is 0 Å². The lowest BCUT2D eigenvalue weighted by atomic mass is 10.1. The molecule has 7 heteroatoms. The monoisotopic (exact) mass is 302 g/mol. The fraction of sp³-hybridized carbons (Fsp3) is 0.267. The molecule has 3 rings (SSSR count). The average Bonchev–Trinajstić information content (AvgIpc) is 3.29. The Hall–Kier alpha value is -2.75. The largest absolute Gasteiger partial charge is 0.435 e. The van der Waals surface area contributed by atoms with Gasteiger partial charge in [0.15, 0.2) is 0 Å². The van der Waals surface area contributed by atoms with Crippen molar-refractivity contribution in [3.05, 3.63) is 47.8 Å². The van der Waals surface area contributed by atoms with Crippen LogP contribution in [0.5, 0.6) is 5.75 Å². The summed E-state index contributed by atoms with van der Waals surface area (Å²) < 4.78 is 28.6. The molecule has 1 saturated carbocycles. The van der Waals surface area contributed by atoms with Crippen molar-refractivity contribution in [3.63, 3.8) is 0 Å². The fourth-order valence-corrected chi connectivity index (χ4v) is 2.23. The Labute approximate surface area is 125 Å². The summed E-state index contributed by atoms with van der Waals surface area (Å²) in [6.07, 6.45) is 4.69. The Bertz CT molecular complexity index is 691. The van der Waals surface area contributed by atoms with Crippen LogP contribution < -0.4 is 10.1 Å². The van der Waals surface area contributed by atoms with Crippen molar-refractivity contribution < 1.29 is 13.5 Å². The van der Waals surface area contributed by atoms with Gasteiger partial charge < -0.3 is 10.1 Å². The number of nitrogens with zero attached hydrogens (tertiary/aromatic N) is 3. The van der Waals surface area contributed by atoms with E-state index in [1.165, 1.54) is 24.5 Å². The summed E-state index contributed by atoms with van der Waals surface area (Å²) in [7, 11) is 0. The Morgan fingerprint density at radius 1 is 1.18 bits per heavy atom. The molecule has 1 fully saturated rings. The topological polar surface area (TPSA) is 70.8 Å². The van der Waals surface area contributed by atoms with Crippen LogP contribution in [0.2, 0.25) is 0 Å². The standard InChI is InChI=1S/C15H12F2N4O/c16-13(17)22-12-3-1-11(2-4-12)15(5-6-15)21-14-19-8-10(7-18)9-20-14/h1-4,8-9,13H,5-6H2,(H,19,20,21). The highest BCUT2D eigenvalue weighted by atomic mass is 19.3. The van der Waals surface area contributed by atoms with Gasteiger partial charge in [-0.25, -0.2) is 9.97 Å². The van der Waals surface area contributed by atoms with Crippen molar-refractivity contribution in [2.45, 2.75) is 25.0 Å². The lowest BCUT2D eigenvalue weighted by molar-refractivity contribution is -0.0498. The van der Waals surface area contributed by atoms with Crippen molar-refractivity contribution in [1.82, 2.24) is 9.97 Å². The van der Waals surface area contributed by atoms with Gasteiger partial charge in [0.2, 0.25) is 5.95 Å². The predicted molar refractivity (Wildman–Crippen MR) is 74.4 cm³/mol. The third kappa shape index (κ3) is 2.96. The van der Waals surface area contributed by atoms with Gasteiger partial charge in [-0.1, -0.05) is 12.1 Å². The van der Waals surface area contributed by atoms with Crippen LogP contribution in [0, 0.1) is 11.3 Å². The molecule has 112 valence electrons. The molecule has 0 amide bonds. The van der Waals surface area contributed by atoms with E-state index in [2.05, 4.69) is 20.0 Å². The maximum Gasteiger partial charge on any atom is 0.387 e. The quantitative estimate of drug-likeness (QED) is 0.919. The van der Waals surface area contributed by atoms with Gasteiger partial charge in [-0.2, -0.15) is 14.0 Å². The van der Waals surface area contributed by atoms with Gasteiger partial charge in [-0.05, 0) is 30.5 Å². The van der Waals surface area contributed by atoms with E-state index in [-0.39, 0.29) is 11.3 Å². The van der Waals surface area contributed by atoms with Crippen LogP contribution in [0.4, 0.5) is 14.7 Å². The molecule has 1 heterocycles. The second kappa shape index (κ2) is 5.56. The molecule has 0 aliphatic heterocycles. The zero-order valence-electron chi connectivity index (χ0n) is 11.5. The van der Waals surface area contributed by atoms with E-state index in [9.17, 15) is 8.78 Å². The van der Waals surface area contributed by atoms with Gasteiger partial charge in [0.1, 0.15) is 11.8 Å². The summed E-state index contributed by atoms with van der Waals surface area (Å²) in [5.41, 5.74) is 1.07. The molecule has 1 aliphatic carbocycles. The van der Waals surface area contributed by atoms with Crippen LogP contribution in [0.25, 0.3) is 0 Å². The van der Waals surface area contributed by atoms with E-state index in [0.717, 1.165) is 18.4 Å². The van der Waals surface area contributed by atoms with Crippen LogP contribution in [-0.4, -0.2) is 16.6 Å². The normalized spacial score (nSPS) is 15.2. The number of hydrogen-bond donors (Lipinski definition) is 1. The third-order valence-corrected chi connectivity index (χ3v) is 3.51. The maximum atomic E-state index is 12.1. The Morgan fingerprint density at radius 3 is 2.32 bits per heavy atom. The zero-order chi connectivity index (χ0) is 15.6. The Morgan fingerprint density at radius 2 is 1.82 bits per heavy atom. The van der Waals surface area contributed by atoms with Gasteiger partial charge in [0, 0.05) is 0 Å². The smallest absolute Gasteiger partial charge is 0.387 e. The number of nitrogens with one attached hydrogen (secondary N) is 1. The minimum atomic E-state index is -2.83. The van der Waals surface area contributed by atoms with Crippen LogP contribution in [0.1, 0.15) is 24.0 Å². The summed E-state index contributed by atoms with van der Waals surface area (Å²) in [5.74, 6) is 0.564. The van der Waals surface area contributed by atoms with E-state index in [4.69, 9.17) is 5.26 Å². The van der Waals surface area contributed by atoms with E-state index < -0.39 is 6.61 Å². The molecular weight excluding hydrogens is 290 g/mol. The van der Waals surface area contributed by atoms with Crippen LogP contribution >= 0.6 is 0 Å². The fourth-order valence-electron chi connectivity index (χ4n) is 2.23. The van der Waals surface area contributed by atoms with E-state index in [1.54, 1.807) is 12.1 Å². The van der Waals surface area contributed by atoms with E-state index in [0.29, 0.717) is 11.5 Å². The number of anilines is 1. The summed E-state index contributed by atoms with van der Waals surface area (Å²) in [6.45, 7) is -2.83. The van der Waals surface area contributed by atoms with Crippen molar-refractivity contribution in [2.75, 3.05) is 5.32 Å². The summed E-state index contributed by atoms with van der Waals surface area (Å²) in [5, 5.41) is 12.0. The maximum absolute atomic E-state index is 12.1. The number of alkyl halides is 2. The molecule has 0 bridgehead atoms. The number of rotatable bonds is 5. The summed E-state index contributed by atoms with van der Waals surface area (Å²) in [4.78, 5) is 8.18. The van der Waals surface area contributed by atoms with Gasteiger partial charge >= 0.3 is 6.61 Å². The number of hydrogen-bond acceptors (Lipinski definition) is 5. The highest BCUT2D eigenvalue weighted by Crippen LogP contribution is 2.48. The van der Waals surface area contributed by atoms with Crippen LogP contribution in [-0.2, 0) is 5.54 Å². The first-order valence-corrected chi connectivity index (χ1v) is 6.67. The van der Waals surface area contributed by atoms with Crippen molar-refractivity contribution in [3.8, 4) is 11.8 Å². The van der Waals surface area contributed by atoms with Gasteiger partial charge in [0.05, 0.1) is 23.5 Å². The molecule has 0 spiro atoms. The first-order chi connectivity index (χ1) is 10.6. The molecule has 1 aliphatic rings. The number of aromatic nitrogens is 2. The molecule has 0 saturated heterocycles. The van der Waals surface area contributed by atoms with Gasteiger partial charge in [-0.3, -0.25) is 0 Å². The molecule has 2 aromatic rings. The first kappa shape index (κ1) is 14.2. The molecule has 1 aromatic heterocycles. The molecule has 0 atom stereocenters. The third-order valence-electron chi connectivity index (χ3n) is 3.51. The highest BCUT2D eigenvalue weighted by molar-refractivity contribution is 5.44. The lowest BCUT2D eigenvalue weighted by Crippen LogP contribution is -2.20. The summed E-state index contributed by atoms with van der Waals surface area (Å²) in [6, 6.07) is 8.49. The van der Waals surface area contributed by atoms with E-state index in [1.807, 2.05) is 6.07 Å². The average molecular weight is 302 g/mol. The van der Waals surface area contributed by atoms with E-state index >= 15 is 0 Å². The van der Waals surface area contributed by atoms with Crippen LogP contribution in [0.15, 0.2) is 36.7 Å². The molecule has 1 aromatic carbocycles. The highest BCUT2D eigenvalue weighted by Gasteiger charge is 2.45. The lowest BCUT2D eigenvalue weighted by Gasteiger charge is -2.18. The summed E-state index contributed by atoms with van der Waals surface area (Å²) >= 11 is 0. The Balaban J connectivity index is 1.74. The molecule has 22 heavy (non-hydrogen) atoms. The minimum absolute atomic E-state index is 0.129. The number of ether oxygens (including phenoxy) is 1. The number of nitriles is 1. The molecule has 0 unspecified atom stereocenters. The van der Waals surface area contributed by atoms with Crippen molar-refractivity contribution >= 4 is 5.95 Å². The second-order valence-corrected chi connectivity index (χ2v) is 5.02. The van der Waals surface area contributed by atoms with Gasteiger partial charge in [0.25, 0.3) is 0 Å². The molecule has 1 N–H and O–H groups in total. The van der Waals surface area contributed by atoms with Gasteiger partial charge in [-0.15, -0.1) is 0 Å². The molecule has 0 radical (unpaired) electrons. The second-order valence-electron chi connectivity index (χ2n) is 5.02. The van der Waals surface area contributed by atoms with Crippen molar-refractivity contribution in [1.29, 1.82) is 5.26 Å².